The van der Waals surface area contributed by atoms with E-state index in [1.807, 2.05) is 24.3 Å². The van der Waals surface area contributed by atoms with Gasteiger partial charge in [-0.25, -0.2) is 0 Å². The van der Waals surface area contributed by atoms with E-state index in [0.717, 1.165) is 16.2 Å². The van der Waals surface area contributed by atoms with E-state index in [0.29, 0.717) is 5.42 Å². The highest BCUT2D eigenvalue weighted by Gasteiger charge is 2.17. The fraction of sp³-hybridized carbons (Fsp3) is 0.167. The molecule has 1 aromatic heterocycles. The van der Waals surface area contributed by atoms with Gasteiger partial charge < -0.3 is 14.6 Å². The number of furan rings is 1. The molecule has 2 atom stereocenters. The molecule has 15 heavy (non-hydrogen) atoms. The molecule has 1 heterocycles. The Morgan fingerprint density at radius 1 is 1.00 bits per heavy atom. The lowest BCUT2D eigenvalue weighted by Gasteiger charge is -2.11. The minimum atomic E-state index is -0.877. The molecule has 0 bridgehead atoms. The second kappa shape index (κ2) is 2.95. The van der Waals surface area contributed by atoms with Crippen LogP contribution in [0.1, 0.15) is 0 Å². The zero-order valence-corrected chi connectivity index (χ0v) is 7.92. The van der Waals surface area contributed by atoms with Crippen molar-refractivity contribution in [1.82, 2.24) is 0 Å². The molecule has 0 fully saturated rings. The van der Waals surface area contributed by atoms with E-state index >= 15 is 0 Å². The van der Waals surface area contributed by atoms with Crippen molar-refractivity contribution in [3.8, 4) is 0 Å². The molecular formula is C12H10O3. The maximum absolute atomic E-state index is 9.52. The van der Waals surface area contributed by atoms with Gasteiger partial charge in [-0.2, -0.15) is 0 Å². The lowest BCUT2D eigenvalue weighted by atomic mass is 10.1. The van der Waals surface area contributed by atoms with Gasteiger partial charge >= 0.3 is 0 Å². The van der Waals surface area contributed by atoms with Gasteiger partial charge in [0.25, 0.3) is 0 Å². The summed E-state index contributed by atoms with van der Waals surface area (Å²) in [6.07, 6.45) is 1.45. The first kappa shape index (κ1) is 8.71. The summed E-state index contributed by atoms with van der Waals surface area (Å²) in [6, 6.07) is 7.62. The number of aliphatic hydroxyl groups excluding tert-OH is 2. The number of rotatable bonds is 0. The molecule has 3 nitrogen and oxygen atoms in total. The van der Waals surface area contributed by atoms with Crippen LogP contribution in [0.3, 0.4) is 0 Å². The maximum Gasteiger partial charge on any atom is 0.135 e. The Morgan fingerprint density at radius 3 is 2.60 bits per heavy atom. The average molecular weight is 202 g/mol. The summed E-state index contributed by atoms with van der Waals surface area (Å²) in [5.41, 5.74) is 1.41. The van der Waals surface area contributed by atoms with Crippen molar-refractivity contribution in [3.05, 3.63) is 34.9 Å². The third-order valence-electron chi connectivity index (χ3n) is 2.67. The summed E-state index contributed by atoms with van der Waals surface area (Å²) in [7, 11) is 0. The highest BCUT2D eigenvalue weighted by Crippen LogP contribution is 2.09. The first-order valence-corrected chi connectivity index (χ1v) is 4.83. The molecule has 1 aliphatic rings. The van der Waals surface area contributed by atoms with Crippen molar-refractivity contribution >= 4 is 23.1 Å². The minimum Gasteiger partial charge on any atom is -0.456 e. The second-order valence-electron chi connectivity index (χ2n) is 3.69. The molecule has 0 aliphatic heterocycles. The zero-order valence-electron chi connectivity index (χ0n) is 7.92. The Labute approximate surface area is 85.6 Å². The van der Waals surface area contributed by atoms with Crippen molar-refractivity contribution in [2.24, 2.45) is 0 Å². The first-order valence-electron chi connectivity index (χ1n) is 4.83. The summed E-state index contributed by atoms with van der Waals surface area (Å²) in [5, 5.41) is 20.8. The third kappa shape index (κ3) is 1.21. The van der Waals surface area contributed by atoms with Gasteiger partial charge in [-0.3, -0.25) is 0 Å². The topological polar surface area (TPSA) is 53.6 Å². The molecule has 0 saturated carbocycles. The number of hydrogen-bond donors (Lipinski definition) is 2. The molecule has 3 heteroatoms. The summed E-state index contributed by atoms with van der Waals surface area (Å²) >= 11 is 0. The first-order chi connectivity index (χ1) is 7.25. The van der Waals surface area contributed by atoms with Crippen LogP contribution in [-0.2, 0) is 0 Å². The summed E-state index contributed by atoms with van der Waals surface area (Å²) in [4.78, 5) is 0. The molecule has 0 radical (unpaired) electrons. The van der Waals surface area contributed by atoms with Crippen LogP contribution in [0.2, 0.25) is 0 Å². The van der Waals surface area contributed by atoms with Crippen LogP contribution >= 0.6 is 0 Å². The number of hydrogen-bond acceptors (Lipinski definition) is 3. The smallest absolute Gasteiger partial charge is 0.135 e. The van der Waals surface area contributed by atoms with E-state index in [1.54, 1.807) is 12.2 Å². The van der Waals surface area contributed by atoms with E-state index in [1.165, 1.54) is 0 Å². The SMILES string of the molecule is O[C@@H]1C=c2oc3ccccc3c2=C[C@@H]1O. The average Bonchev–Trinajstić information content (AvgIpc) is 2.57. The van der Waals surface area contributed by atoms with Gasteiger partial charge in [-0.15, -0.1) is 0 Å². The largest absolute Gasteiger partial charge is 0.456 e. The van der Waals surface area contributed by atoms with Crippen molar-refractivity contribution in [3.63, 3.8) is 0 Å². The van der Waals surface area contributed by atoms with Gasteiger partial charge in [0.1, 0.15) is 23.2 Å². The molecule has 1 aromatic carbocycles. The third-order valence-corrected chi connectivity index (χ3v) is 2.67. The highest BCUT2D eigenvalue weighted by molar-refractivity contribution is 5.79. The maximum atomic E-state index is 9.52. The number of benzene rings is 1. The van der Waals surface area contributed by atoms with Gasteiger partial charge in [0, 0.05) is 10.6 Å². The lowest BCUT2D eigenvalue weighted by molar-refractivity contribution is 0.0984. The lowest BCUT2D eigenvalue weighted by Crippen LogP contribution is -2.35. The Hall–Kier alpha value is -1.58. The molecule has 2 aromatic rings. The van der Waals surface area contributed by atoms with E-state index in [2.05, 4.69) is 0 Å². The molecule has 0 unspecified atom stereocenters. The van der Waals surface area contributed by atoms with Gasteiger partial charge in [0.05, 0.1) is 0 Å². The standard InChI is InChI=1S/C12H10O3/c13-9-5-8-7-3-1-2-4-11(7)15-12(8)6-10(9)14/h1-6,9-10,13-14H/t9-,10+/m0/s1. The number of fused-ring (bicyclic) bond motifs is 3. The molecule has 0 saturated heterocycles. The minimum absolute atomic E-state index is 0.633. The Kier molecular flexibility index (Phi) is 1.71. The monoisotopic (exact) mass is 202 g/mol. The van der Waals surface area contributed by atoms with Crippen molar-refractivity contribution in [2.75, 3.05) is 0 Å². The zero-order chi connectivity index (χ0) is 10.4. The van der Waals surface area contributed by atoms with Gasteiger partial charge in [0.15, 0.2) is 0 Å². The fourth-order valence-corrected chi connectivity index (χ4v) is 1.90. The van der Waals surface area contributed by atoms with Crippen LogP contribution < -0.4 is 10.6 Å². The fourth-order valence-electron chi connectivity index (χ4n) is 1.90. The highest BCUT2D eigenvalue weighted by atomic mass is 16.3. The Bertz CT molecular complexity index is 624. The quantitative estimate of drug-likeness (QED) is 0.618. The Balaban J connectivity index is 2.49. The molecule has 3 rings (SSSR count). The molecule has 1 aliphatic carbocycles. The molecule has 76 valence electrons. The number of aliphatic hydroxyl groups is 2. The van der Waals surface area contributed by atoms with Crippen LogP contribution in [0.15, 0.2) is 28.7 Å². The van der Waals surface area contributed by atoms with E-state index in [9.17, 15) is 10.2 Å². The molecule has 0 amide bonds. The van der Waals surface area contributed by atoms with Gasteiger partial charge in [-0.1, -0.05) is 18.2 Å². The van der Waals surface area contributed by atoms with Crippen LogP contribution in [-0.4, -0.2) is 22.4 Å². The van der Waals surface area contributed by atoms with E-state index in [-0.39, 0.29) is 0 Å². The predicted molar refractivity (Wildman–Crippen MR) is 56.4 cm³/mol. The summed E-state index contributed by atoms with van der Waals surface area (Å²) in [6.45, 7) is 0. The predicted octanol–water partition coefficient (Wildman–Crippen LogP) is -0.271. The second-order valence-corrected chi connectivity index (χ2v) is 3.69. The van der Waals surface area contributed by atoms with Crippen molar-refractivity contribution < 1.29 is 14.6 Å². The van der Waals surface area contributed by atoms with Crippen LogP contribution in [0.4, 0.5) is 0 Å². The van der Waals surface area contributed by atoms with Crippen LogP contribution in [0.25, 0.3) is 23.1 Å². The van der Waals surface area contributed by atoms with E-state index in [4.69, 9.17) is 4.42 Å². The summed E-state index contributed by atoms with van der Waals surface area (Å²) in [5.74, 6) is 0. The number of para-hydroxylation sites is 1. The normalized spacial score (nSPS) is 24.4. The van der Waals surface area contributed by atoms with E-state index < -0.39 is 12.2 Å². The molecular weight excluding hydrogens is 192 g/mol. The Morgan fingerprint density at radius 2 is 1.73 bits per heavy atom. The summed E-state index contributed by atoms with van der Waals surface area (Å²) < 4.78 is 5.55. The molecule has 2 N–H and O–H groups in total. The van der Waals surface area contributed by atoms with Gasteiger partial charge in [0.2, 0.25) is 0 Å². The van der Waals surface area contributed by atoms with Gasteiger partial charge in [-0.05, 0) is 18.2 Å². The van der Waals surface area contributed by atoms with Crippen LogP contribution in [0.5, 0.6) is 0 Å². The van der Waals surface area contributed by atoms with Crippen molar-refractivity contribution in [2.45, 2.75) is 12.2 Å². The van der Waals surface area contributed by atoms with Crippen LogP contribution in [0, 0.1) is 0 Å². The molecule has 0 spiro atoms. The van der Waals surface area contributed by atoms with Crippen molar-refractivity contribution in [1.29, 1.82) is 0 Å².